The van der Waals surface area contributed by atoms with E-state index in [-0.39, 0.29) is 11.9 Å². The monoisotopic (exact) mass is 157 g/mol. The molecule has 0 aromatic heterocycles. The summed E-state index contributed by atoms with van der Waals surface area (Å²) >= 11 is 0. The van der Waals surface area contributed by atoms with E-state index in [9.17, 15) is 0 Å². The Morgan fingerprint density at radius 1 is 1.91 bits per heavy atom. The molecule has 0 aliphatic rings. The van der Waals surface area contributed by atoms with Gasteiger partial charge in [-0.15, -0.1) is 6.58 Å². The summed E-state index contributed by atoms with van der Waals surface area (Å²) in [6, 6.07) is -0.0834. The van der Waals surface area contributed by atoms with Crippen LogP contribution in [0.1, 0.15) is 13.3 Å². The molecule has 0 aromatic carbocycles. The second-order valence-electron chi connectivity index (χ2n) is 2.28. The Labute approximate surface area is 66.8 Å². The molecule has 64 valence electrons. The topological polar surface area (TPSA) is 70.6 Å². The summed E-state index contributed by atoms with van der Waals surface area (Å²) in [7, 11) is 0. The van der Waals surface area contributed by atoms with Crippen molar-refractivity contribution in [3.05, 3.63) is 12.7 Å². The van der Waals surface area contributed by atoms with Crippen molar-refractivity contribution in [2.24, 2.45) is 10.9 Å². The first-order valence-corrected chi connectivity index (χ1v) is 3.54. The lowest BCUT2D eigenvalue weighted by atomic mass is 10.3. The van der Waals surface area contributed by atoms with E-state index < -0.39 is 0 Å². The quantitative estimate of drug-likeness (QED) is 0.134. The Morgan fingerprint density at radius 3 is 3.00 bits per heavy atom. The van der Waals surface area contributed by atoms with Gasteiger partial charge in [-0.2, -0.15) is 0 Å². The third kappa shape index (κ3) is 4.38. The van der Waals surface area contributed by atoms with E-state index in [2.05, 4.69) is 17.1 Å². The Morgan fingerprint density at radius 2 is 2.55 bits per heavy atom. The molecular formula is C7H15N3O. The van der Waals surface area contributed by atoms with E-state index in [1.165, 1.54) is 0 Å². The van der Waals surface area contributed by atoms with Crippen LogP contribution < -0.4 is 11.1 Å². The summed E-state index contributed by atoms with van der Waals surface area (Å²) in [5, 5.41) is 14.2. The van der Waals surface area contributed by atoms with Gasteiger partial charge in [-0.05, 0) is 19.9 Å². The van der Waals surface area contributed by atoms with Crippen LogP contribution in [0.3, 0.4) is 0 Å². The zero-order valence-electron chi connectivity index (χ0n) is 6.75. The fraction of sp³-hybridized carbons (Fsp3) is 0.571. The van der Waals surface area contributed by atoms with Crippen LogP contribution in [0.2, 0.25) is 0 Å². The normalized spacial score (nSPS) is 14.5. The van der Waals surface area contributed by atoms with Crippen LogP contribution in [0.15, 0.2) is 17.8 Å². The highest BCUT2D eigenvalue weighted by atomic mass is 16.4. The number of nitrogens with one attached hydrogen (secondary N) is 1. The molecule has 0 aliphatic heterocycles. The van der Waals surface area contributed by atoms with Crippen molar-refractivity contribution in [2.75, 3.05) is 6.54 Å². The van der Waals surface area contributed by atoms with E-state index in [1.54, 1.807) is 0 Å². The predicted octanol–water partition coefficient (Wildman–Crippen LogP) is 0.287. The first-order chi connectivity index (χ1) is 5.22. The van der Waals surface area contributed by atoms with Gasteiger partial charge in [0.2, 0.25) is 0 Å². The van der Waals surface area contributed by atoms with Gasteiger partial charge in [-0.3, -0.25) is 0 Å². The molecular weight excluding hydrogens is 142 g/mol. The fourth-order valence-electron chi connectivity index (χ4n) is 0.593. The van der Waals surface area contributed by atoms with E-state index in [0.717, 1.165) is 13.0 Å². The van der Waals surface area contributed by atoms with Gasteiger partial charge in [0.05, 0.1) is 6.04 Å². The molecule has 1 unspecified atom stereocenters. The van der Waals surface area contributed by atoms with Gasteiger partial charge in [0, 0.05) is 0 Å². The highest BCUT2D eigenvalue weighted by Gasteiger charge is 2.03. The van der Waals surface area contributed by atoms with Crippen molar-refractivity contribution in [1.29, 1.82) is 0 Å². The van der Waals surface area contributed by atoms with Crippen LogP contribution in [0.25, 0.3) is 0 Å². The maximum absolute atomic E-state index is 8.26. The Bertz CT molecular complexity index is 145. The molecule has 1 atom stereocenters. The number of oxime groups is 1. The number of hydrogen-bond donors (Lipinski definition) is 3. The number of nitrogens with two attached hydrogens (primary N) is 1. The van der Waals surface area contributed by atoms with Crippen LogP contribution in [0, 0.1) is 0 Å². The number of nitrogens with zero attached hydrogens (tertiary/aromatic N) is 1. The van der Waals surface area contributed by atoms with Gasteiger partial charge in [-0.25, -0.2) is 0 Å². The summed E-state index contributed by atoms with van der Waals surface area (Å²) in [5.74, 6) is 0.203. The molecule has 0 rings (SSSR count). The van der Waals surface area contributed by atoms with Crippen LogP contribution in [0.5, 0.6) is 0 Å². The molecule has 4 N–H and O–H groups in total. The van der Waals surface area contributed by atoms with Gasteiger partial charge < -0.3 is 16.3 Å². The van der Waals surface area contributed by atoms with Crippen LogP contribution in [-0.4, -0.2) is 23.6 Å². The Kier molecular flexibility index (Phi) is 5.20. The predicted molar refractivity (Wildman–Crippen MR) is 45.7 cm³/mol. The lowest BCUT2D eigenvalue weighted by molar-refractivity contribution is 0.315. The largest absolute Gasteiger partial charge is 0.409 e. The highest BCUT2D eigenvalue weighted by Crippen LogP contribution is 1.83. The third-order valence-electron chi connectivity index (χ3n) is 1.36. The summed E-state index contributed by atoms with van der Waals surface area (Å²) in [5.41, 5.74) is 5.31. The van der Waals surface area contributed by atoms with E-state index in [1.807, 2.05) is 13.0 Å². The van der Waals surface area contributed by atoms with Crippen molar-refractivity contribution < 1.29 is 5.21 Å². The smallest absolute Gasteiger partial charge is 0.156 e. The van der Waals surface area contributed by atoms with Crippen LogP contribution in [-0.2, 0) is 0 Å². The van der Waals surface area contributed by atoms with Crippen LogP contribution >= 0.6 is 0 Å². The molecule has 0 fully saturated rings. The second-order valence-corrected chi connectivity index (χ2v) is 2.28. The molecule has 0 aromatic rings. The van der Waals surface area contributed by atoms with Crippen molar-refractivity contribution in [3.63, 3.8) is 0 Å². The molecule has 4 heteroatoms. The summed E-state index contributed by atoms with van der Waals surface area (Å²) in [6.45, 7) is 6.20. The second kappa shape index (κ2) is 5.73. The molecule has 0 amide bonds. The SMILES string of the molecule is C=CCCNC(C)/C(N)=N/O. The van der Waals surface area contributed by atoms with Crippen molar-refractivity contribution in [2.45, 2.75) is 19.4 Å². The average molecular weight is 157 g/mol. The number of hydrogen-bond acceptors (Lipinski definition) is 3. The van der Waals surface area contributed by atoms with Crippen molar-refractivity contribution >= 4 is 5.84 Å². The number of rotatable bonds is 5. The molecule has 0 spiro atoms. The van der Waals surface area contributed by atoms with Gasteiger partial charge in [0.1, 0.15) is 0 Å². The molecule has 0 aliphatic carbocycles. The summed E-state index contributed by atoms with van der Waals surface area (Å²) < 4.78 is 0. The average Bonchev–Trinajstić information content (AvgIpc) is 2.03. The molecule has 11 heavy (non-hydrogen) atoms. The molecule has 4 nitrogen and oxygen atoms in total. The molecule has 0 heterocycles. The standard InChI is InChI=1S/C7H15N3O/c1-3-4-5-9-6(2)7(8)10-11/h3,6,9,11H,1,4-5H2,2H3,(H2,8,10). The molecule has 0 radical (unpaired) electrons. The number of amidine groups is 1. The van der Waals surface area contributed by atoms with Crippen molar-refractivity contribution in [1.82, 2.24) is 5.32 Å². The lowest BCUT2D eigenvalue weighted by Crippen LogP contribution is -2.39. The zero-order valence-corrected chi connectivity index (χ0v) is 6.75. The molecule has 0 saturated heterocycles. The zero-order chi connectivity index (χ0) is 8.69. The Balaban J connectivity index is 3.51. The van der Waals surface area contributed by atoms with Gasteiger partial charge in [0.15, 0.2) is 5.84 Å². The maximum Gasteiger partial charge on any atom is 0.156 e. The fourth-order valence-corrected chi connectivity index (χ4v) is 0.593. The lowest BCUT2D eigenvalue weighted by Gasteiger charge is -2.10. The molecule has 0 bridgehead atoms. The van der Waals surface area contributed by atoms with E-state index >= 15 is 0 Å². The maximum atomic E-state index is 8.26. The Hall–Kier alpha value is -1.03. The van der Waals surface area contributed by atoms with E-state index in [0.29, 0.717) is 0 Å². The molecule has 0 saturated carbocycles. The van der Waals surface area contributed by atoms with Crippen LogP contribution in [0.4, 0.5) is 0 Å². The minimum absolute atomic E-state index is 0.0834. The summed E-state index contributed by atoms with van der Waals surface area (Å²) in [4.78, 5) is 0. The minimum Gasteiger partial charge on any atom is -0.409 e. The van der Waals surface area contributed by atoms with Crippen molar-refractivity contribution in [3.8, 4) is 0 Å². The van der Waals surface area contributed by atoms with Gasteiger partial charge in [0.25, 0.3) is 0 Å². The minimum atomic E-state index is -0.0834. The first-order valence-electron chi connectivity index (χ1n) is 3.54. The van der Waals surface area contributed by atoms with E-state index in [4.69, 9.17) is 10.9 Å². The van der Waals surface area contributed by atoms with Gasteiger partial charge in [-0.1, -0.05) is 11.2 Å². The third-order valence-corrected chi connectivity index (χ3v) is 1.36. The first kappa shape index (κ1) is 9.97. The van der Waals surface area contributed by atoms with Gasteiger partial charge >= 0.3 is 0 Å². The summed E-state index contributed by atoms with van der Waals surface area (Å²) in [6.07, 6.45) is 2.69. The highest BCUT2D eigenvalue weighted by molar-refractivity contribution is 5.84.